The fraction of sp³-hybridized carbons (Fsp3) is 0.250. The summed E-state index contributed by atoms with van der Waals surface area (Å²) in [7, 11) is -3.48. The fourth-order valence-electron chi connectivity index (χ4n) is 2.85. The van der Waals surface area contributed by atoms with E-state index in [0.717, 1.165) is 11.1 Å². The summed E-state index contributed by atoms with van der Waals surface area (Å²) in [5.41, 5.74) is 1.79. The van der Waals surface area contributed by atoms with Gasteiger partial charge >= 0.3 is 11.8 Å². The molecule has 0 radical (unpaired) electrons. The first-order chi connectivity index (χ1) is 14.4. The number of sulfone groups is 1. The number of benzene rings is 2. The van der Waals surface area contributed by atoms with E-state index in [9.17, 15) is 13.2 Å². The molecule has 10 heteroatoms. The molecule has 0 bridgehead atoms. The highest BCUT2D eigenvalue weighted by Gasteiger charge is 2.19. The third-order valence-corrected chi connectivity index (χ3v) is 6.26. The fourth-order valence-corrected chi connectivity index (χ4v) is 4.08. The molecule has 0 unspecified atom stereocenters. The molecular formula is C20H19N3O6S. The van der Waals surface area contributed by atoms with Gasteiger partial charge in [-0.25, -0.2) is 8.42 Å². The summed E-state index contributed by atoms with van der Waals surface area (Å²) in [6.45, 7) is 2.29. The number of aromatic nitrogens is 2. The highest BCUT2D eigenvalue weighted by molar-refractivity contribution is 7.91. The zero-order valence-corrected chi connectivity index (χ0v) is 16.9. The van der Waals surface area contributed by atoms with Crippen LogP contribution in [-0.4, -0.2) is 37.0 Å². The first-order valence-corrected chi connectivity index (χ1v) is 10.8. The van der Waals surface area contributed by atoms with Gasteiger partial charge in [0.05, 0.1) is 10.6 Å². The molecule has 3 aromatic rings. The maximum Gasteiger partial charge on any atom is 0.315 e. The van der Waals surface area contributed by atoms with Crippen molar-refractivity contribution in [2.45, 2.75) is 24.8 Å². The van der Waals surface area contributed by atoms with Gasteiger partial charge < -0.3 is 19.3 Å². The van der Waals surface area contributed by atoms with Crippen LogP contribution in [0.4, 0.5) is 0 Å². The Balaban J connectivity index is 1.33. The Morgan fingerprint density at radius 1 is 1.10 bits per heavy atom. The Kier molecular flexibility index (Phi) is 5.40. The van der Waals surface area contributed by atoms with Crippen molar-refractivity contribution in [3.63, 3.8) is 0 Å². The maximum atomic E-state index is 12.4. The molecule has 0 saturated heterocycles. The number of ether oxygens (including phenoxy) is 2. The summed E-state index contributed by atoms with van der Waals surface area (Å²) in [6.07, 6.45) is 0.0369. The average molecular weight is 429 g/mol. The number of nitrogens with zero attached hydrogens (tertiary/aromatic N) is 2. The molecule has 9 nitrogen and oxygen atoms in total. The van der Waals surface area contributed by atoms with E-state index in [2.05, 4.69) is 15.5 Å². The molecular weight excluding hydrogens is 410 g/mol. The maximum absolute atomic E-state index is 12.4. The minimum atomic E-state index is -3.48. The van der Waals surface area contributed by atoms with Gasteiger partial charge in [0.2, 0.25) is 6.79 Å². The highest BCUT2D eigenvalue weighted by atomic mass is 32.2. The van der Waals surface area contributed by atoms with Crippen molar-refractivity contribution >= 4 is 15.7 Å². The Bertz CT molecular complexity index is 1170. The summed E-state index contributed by atoms with van der Waals surface area (Å²) < 4.78 is 40.3. The van der Waals surface area contributed by atoms with Crippen molar-refractivity contribution < 1.29 is 27.2 Å². The summed E-state index contributed by atoms with van der Waals surface area (Å²) in [5.74, 6) is 0.474. The number of fused-ring (bicyclic) bond motifs is 1. The van der Waals surface area contributed by atoms with E-state index in [1.165, 1.54) is 0 Å². The van der Waals surface area contributed by atoms with E-state index in [-0.39, 0.29) is 42.1 Å². The zero-order valence-electron chi connectivity index (χ0n) is 16.1. The molecule has 1 aliphatic rings. The van der Waals surface area contributed by atoms with Crippen LogP contribution < -0.4 is 14.8 Å². The van der Waals surface area contributed by atoms with Gasteiger partial charge in [0.15, 0.2) is 27.2 Å². The Hall–Kier alpha value is -3.40. The van der Waals surface area contributed by atoms with Gasteiger partial charge in [-0.15, -0.1) is 0 Å². The van der Waals surface area contributed by atoms with Crippen LogP contribution in [0.2, 0.25) is 0 Å². The molecule has 2 heterocycles. The Labute approximate surface area is 172 Å². The van der Waals surface area contributed by atoms with Crippen LogP contribution in [0.3, 0.4) is 0 Å². The lowest BCUT2D eigenvalue weighted by Gasteiger charge is -2.04. The summed E-state index contributed by atoms with van der Waals surface area (Å²) >= 11 is 0. The quantitative estimate of drug-likeness (QED) is 0.606. The number of hydrogen-bond donors (Lipinski definition) is 1. The molecule has 1 N–H and O–H groups in total. The SMILES string of the molecule is Cc1ccc(S(=O)(=O)CCc2noc(C(=O)NCc3ccc4c(c3)OCO4)n2)cc1. The van der Waals surface area contributed by atoms with E-state index in [1.807, 2.05) is 13.0 Å². The molecule has 1 aromatic heterocycles. The van der Waals surface area contributed by atoms with Crippen molar-refractivity contribution in [2.75, 3.05) is 12.5 Å². The van der Waals surface area contributed by atoms with E-state index < -0.39 is 15.7 Å². The number of carbonyl (C=O) groups excluding carboxylic acids is 1. The van der Waals surface area contributed by atoms with Gasteiger partial charge in [-0.1, -0.05) is 28.9 Å². The highest BCUT2D eigenvalue weighted by Crippen LogP contribution is 2.32. The third kappa shape index (κ3) is 4.43. The van der Waals surface area contributed by atoms with Gasteiger partial charge in [-0.3, -0.25) is 4.79 Å². The summed E-state index contributed by atoms with van der Waals surface area (Å²) in [4.78, 5) is 16.5. The van der Waals surface area contributed by atoms with Crippen LogP contribution in [0.15, 0.2) is 51.9 Å². The number of nitrogens with one attached hydrogen (secondary N) is 1. The van der Waals surface area contributed by atoms with Crippen LogP contribution in [0.1, 0.15) is 27.6 Å². The smallest absolute Gasteiger partial charge is 0.315 e. The van der Waals surface area contributed by atoms with Crippen LogP contribution in [0.25, 0.3) is 0 Å². The lowest BCUT2D eigenvalue weighted by atomic mass is 10.2. The molecule has 156 valence electrons. The second-order valence-electron chi connectivity index (χ2n) is 6.77. The molecule has 1 amide bonds. The second-order valence-corrected chi connectivity index (χ2v) is 8.88. The Morgan fingerprint density at radius 2 is 1.87 bits per heavy atom. The van der Waals surface area contributed by atoms with E-state index in [1.54, 1.807) is 36.4 Å². The molecule has 0 atom stereocenters. The number of hydrogen-bond acceptors (Lipinski definition) is 8. The van der Waals surface area contributed by atoms with Crippen molar-refractivity contribution in [1.82, 2.24) is 15.5 Å². The average Bonchev–Trinajstić information content (AvgIpc) is 3.40. The van der Waals surface area contributed by atoms with Gasteiger partial charge in [0.1, 0.15) is 0 Å². The van der Waals surface area contributed by atoms with Crippen LogP contribution in [0, 0.1) is 6.92 Å². The van der Waals surface area contributed by atoms with Gasteiger partial charge in [-0.05, 0) is 36.8 Å². The number of amides is 1. The minimum absolute atomic E-state index is 0.0369. The van der Waals surface area contributed by atoms with Crippen molar-refractivity contribution in [3.8, 4) is 11.5 Å². The van der Waals surface area contributed by atoms with Crippen molar-refractivity contribution in [3.05, 3.63) is 65.3 Å². The molecule has 0 spiro atoms. The van der Waals surface area contributed by atoms with E-state index in [4.69, 9.17) is 14.0 Å². The number of carbonyl (C=O) groups is 1. The summed E-state index contributed by atoms with van der Waals surface area (Å²) in [5, 5.41) is 6.38. The number of rotatable bonds is 7. The van der Waals surface area contributed by atoms with Gasteiger partial charge in [0.25, 0.3) is 0 Å². The molecule has 1 aliphatic heterocycles. The first kappa shape index (κ1) is 19.9. The Morgan fingerprint density at radius 3 is 2.67 bits per heavy atom. The second kappa shape index (κ2) is 8.15. The summed E-state index contributed by atoms with van der Waals surface area (Å²) in [6, 6.07) is 12.0. The molecule has 30 heavy (non-hydrogen) atoms. The lowest BCUT2D eigenvalue weighted by molar-refractivity contribution is 0.0907. The minimum Gasteiger partial charge on any atom is -0.454 e. The van der Waals surface area contributed by atoms with Gasteiger partial charge in [0, 0.05) is 13.0 Å². The molecule has 0 aliphatic carbocycles. The predicted octanol–water partition coefficient (Wildman–Crippen LogP) is 2.05. The molecule has 4 rings (SSSR count). The van der Waals surface area contributed by atoms with Crippen LogP contribution in [0.5, 0.6) is 11.5 Å². The monoisotopic (exact) mass is 429 g/mol. The first-order valence-electron chi connectivity index (χ1n) is 9.19. The number of aryl methyl sites for hydroxylation is 2. The molecule has 0 fully saturated rings. The van der Waals surface area contributed by atoms with Crippen molar-refractivity contribution in [1.29, 1.82) is 0 Å². The van der Waals surface area contributed by atoms with Crippen LogP contribution in [-0.2, 0) is 22.8 Å². The molecule has 0 saturated carbocycles. The third-order valence-electron chi connectivity index (χ3n) is 4.53. The predicted molar refractivity (Wildman–Crippen MR) is 105 cm³/mol. The van der Waals surface area contributed by atoms with Gasteiger partial charge in [-0.2, -0.15) is 4.98 Å². The van der Waals surface area contributed by atoms with Crippen LogP contribution >= 0.6 is 0 Å². The lowest BCUT2D eigenvalue weighted by Crippen LogP contribution is -2.23. The van der Waals surface area contributed by atoms with E-state index in [0.29, 0.717) is 11.5 Å². The largest absolute Gasteiger partial charge is 0.454 e. The topological polar surface area (TPSA) is 121 Å². The molecule has 2 aromatic carbocycles. The normalized spacial score (nSPS) is 12.7. The van der Waals surface area contributed by atoms with Crippen molar-refractivity contribution in [2.24, 2.45) is 0 Å². The zero-order chi connectivity index (χ0) is 21.1. The van der Waals surface area contributed by atoms with E-state index >= 15 is 0 Å². The standard InChI is InChI=1S/C20H19N3O6S/c1-13-2-5-15(6-3-13)30(25,26)9-8-18-22-20(29-23-18)19(24)21-11-14-4-7-16-17(10-14)28-12-27-16/h2-7,10H,8-9,11-12H2,1H3,(H,21,24).